The summed E-state index contributed by atoms with van der Waals surface area (Å²) in [6.07, 6.45) is 0. The Morgan fingerprint density at radius 3 is 1.10 bits per heavy atom. The van der Waals surface area contributed by atoms with Gasteiger partial charge in [-0.1, -0.05) is 295 Å². The molecule has 4 nitrogen and oxygen atoms in total. The van der Waals surface area contributed by atoms with Crippen molar-refractivity contribution in [2.45, 2.75) is 38.5 Å². The molecule has 6 heteroatoms. The number of para-hydroxylation sites is 2. The van der Waals surface area contributed by atoms with Crippen LogP contribution in [-0.2, 0) is 20.0 Å². The van der Waals surface area contributed by atoms with Gasteiger partial charge in [0, 0.05) is 75.6 Å². The first-order chi connectivity index (χ1) is 50.8. The van der Waals surface area contributed by atoms with E-state index in [4.69, 9.17) is 0 Å². The standard InChI is InChI=1S/2C49H34NOP/c1-49(2)42-17-9-6-14-37(42)38-25-23-34(30-43(38)49)31-20-21-33-29-35(24-22-32(33)28-31)50-44-18-10-7-16-41(44)47-45(50)27-26-40-39-15-8-11-19-46(39)52(51,48(40)47)36-12-4-3-5-13-36;1-49(2)42-17-9-6-14-37(42)38-25-23-33(30-43(38)49)32-21-20-31-22-24-35(29-34(31)28-32)50-44-18-10-7-16-41(44)47-45(50)27-26-40-39-15-8-11-19-46(39)52(51,48(40)47)36-12-4-3-5-13-36/h2*3-30H,1-2H3. The molecule has 2 aliphatic carbocycles. The fourth-order valence-electron chi connectivity index (χ4n) is 18.6. The van der Waals surface area contributed by atoms with Gasteiger partial charge in [0.1, 0.15) is 0 Å². The van der Waals surface area contributed by atoms with E-state index in [0.717, 1.165) is 109 Å². The molecular formula is C98H68N2O2P2. The first kappa shape index (κ1) is 60.8. The van der Waals surface area contributed by atoms with Crippen molar-refractivity contribution in [2.75, 3.05) is 0 Å². The lowest BCUT2D eigenvalue weighted by Gasteiger charge is -2.22. The second kappa shape index (κ2) is 22.3. The highest BCUT2D eigenvalue weighted by Crippen LogP contribution is 2.58. The summed E-state index contributed by atoms with van der Waals surface area (Å²) in [5.41, 5.74) is 26.6. The Morgan fingerprint density at radius 1 is 0.250 bits per heavy atom. The Labute approximate surface area is 604 Å². The van der Waals surface area contributed by atoms with E-state index >= 15 is 9.13 Å². The van der Waals surface area contributed by atoms with Gasteiger partial charge in [-0.2, -0.15) is 0 Å². The van der Waals surface area contributed by atoms with Crippen LogP contribution in [0.1, 0.15) is 49.9 Å². The summed E-state index contributed by atoms with van der Waals surface area (Å²) in [5.74, 6) is 0. The SMILES string of the molecule is CC1(C)c2ccccc2-c2ccc(-c3ccc4cc(-n5c6ccccc6c6c7c(ccc65)-c5ccccc5P7(=O)c5ccccc5)ccc4c3)cc21.CC1(C)c2ccccc2-c2ccc(-c3ccc4ccc(-n5c6ccccc6c6c7c(ccc65)-c5ccccc5P7(=O)c5ccccc5)cc4c3)cc21. The minimum atomic E-state index is -3.16. The number of fused-ring (bicyclic) bond motifs is 22. The van der Waals surface area contributed by atoms with Crippen LogP contribution in [0.2, 0.25) is 0 Å². The van der Waals surface area contributed by atoms with Crippen LogP contribution in [0.15, 0.2) is 340 Å². The molecule has 4 heterocycles. The predicted molar refractivity (Wildman–Crippen MR) is 439 cm³/mol. The van der Waals surface area contributed by atoms with E-state index in [0.29, 0.717) is 0 Å². The fraction of sp³-hybridized carbons (Fsp3) is 0.0612. The van der Waals surface area contributed by atoms with Crippen molar-refractivity contribution in [3.63, 3.8) is 0 Å². The van der Waals surface area contributed by atoms with Crippen LogP contribution in [0, 0.1) is 0 Å². The highest BCUT2D eigenvalue weighted by Gasteiger charge is 2.45. The van der Waals surface area contributed by atoms with Crippen molar-refractivity contribution in [3.8, 4) is 78.1 Å². The Balaban J connectivity index is 0.000000134. The van der Waals surface area contributed by atoms with E-state index < -0.39 is 14.3 Å². The monoisotopic (exact) mass is 1370 g/mol. The number of rotatable bonds is 6. The molecule has 104 heavy (non-hydrogen) atoms. The second-order valence-electron chi connectivity index (χ2n) is 29.7. The smallest absolute Gasteiger partial charge is 0.172 e. The average Bonchev–Trinajstić information content (AvgIpc) is 1.53. The van der Waals surface area contributed by atoms with Crippen molar-refractivity contribution in [2.24, 2.45) is 0 Å². The molecule has 0 saturated heterocycles. The van der Waals surface area contributed by atoms with E-state index in [2.05, 4.69) is 304 Å². The molecule has 0 radical (unpaired) electrons. The van der Waals surface area contributed by atoms with E-state index in [-0.39, 0.29) is 10.8 Å². The molecule has 0 bridgehead atoms. The molecule has 18 aromatic rings. The van der Waals surface area contributed by atoms with Gasteiger partial charge in [-0.25, -0.2) is 0 Å². The van der Waals surface area contributed by atoms with Gasteiger partial charge in [-0.05, 0) is 183 Å². The van der Waals surface area contributed by atoms with E-state index in [1.54, 1.807) is 0 Å². The number of aromatic nitrogens is 2. The quantitative estimate of drug-likeness (QED) is 0.156. The largest absolute Gasteiger partial charge is 0.309 e. The summed E-state index contributed by atoms with van der Waals surface area (Å²) in [4.78, 5) is 0. The van der Waals surface area contributed by atoms with Crippen molar-refractivity contribution >= 4 is 111 Å². The number of hydrogen-bond donors (Lipinski definition) is 0. The van der Waals surface area contributed by atoms with Crippen molar-refractivity contribution in [1.29, 1.82) is 0 Å². The summed E-state index contributed by atoms with van der Waals surface area (Å²) >= 11 is 0. The van der Waals surface area contributed by atoms with Crippen molar-refractivity contribution in [3.05, 3.63) is 362 Å². The van der Waals surface area contributed by atoms with Crippen LogP contribution in [0.25, 0.3) is 143 Å². The Kier molecular flexibility index (Phi) is 13.0. The Bertz CT molecular complexity index is 6870. The lowest BCUT2D eigenvalue weighted by Crippen LogP contribution is -2.21. The molecular weight excluding hydrogens is 1300 g/mol. The van der Waals surface area contributed by atoms with Gasteiger partial charge < -0.3 is 18.3 Å². The molecule has 22 rings (SSSR count). The summed E-state index contributed by atoms with van der Waals surface area (Å²) in [5, 5.41) is 14.7. The number of benzene rings is 16. The molecule has 2 atom stereocenters. The molecule has 2 unspecified atom stereocenters. The second-order valence-corrected chi connectivity index (χ2v) is 35.0. The maximum Gasteiger partial charge on any atom is 0.172 e. The first-order valence-electron chi connectivity index (χ1n) is 36.1. The lowest BCUT2D eigenvalue weighted by atomic mass is 9.81. The van der Waals surface area contributed by atoms with Crippen LogP contribution in [-0.4, -0.2) is 9.13 Å². The minimum absolute atomic E-state index is 0.0340. The van der Waals surface area contributed by atoms with Gasteiger partial charge in [-0.3, -0.25) is 0 Å². The zero-order valence-electron chi connectivity index (χ0n) is 57.9. The molecule has 2 aliphatic heterocycles. The molecule has 0 spiro atoms. The lowest BCUT2D eigenvalue weighted by molar-refractivity contribution is 0.592. The predicted octanol–water partition coefficient (Wildman–Crippen LogP) is 23.1. The average molecular weight is 1370 g/mol. The van der Waals surface area contributed by atoms with Crippen molar-refractivity contribution < 1.29 is 9.13 Å². The third-order valence-corrected chi connectivity index (χ3v) is 29.9. The van der Waals surface area contributed by atoms with Crippen LogP contribution in [0.3, 0.4) is 0 Å². The third kappa shape index (κ3) is 8.50. The van der Waals surface area contributed by atoms with Gasteiger partial charge >= 0.3 is 0 Å². The van der Waals surface area contributed by atoms with Crippen molar-refractivity contribution in [1.82, 2.24) is 9.13 Å². The molecule has 492 valence electrons. The Hall–Kier alpha value is -11.9. The van der Waals surface area contributed by atoms with Gasteiger partial charge in [0.15, 0.2) is 14.3 Å². The molecule has 0 saturated carbocycles. The fourth-order valence-corrected chi connectivity index (χ4v) is 25.2. The molecule has 16 aromatic carbocycles. The third-order valence-electron chi connectivity index (χ3n) is 23.6. The summed E-state index contributed by atoms with van der Waals surface area (Å²) < 4.78 is 36.2. The normalized spacial score (nSPS) is 16.6. The molecule has 0 fully saturated rings. The minimum Gasteiger partial charge on any atom is -0.309 e. The summed E-state index contributed by atoms with van der Waals surface area (Å²) in [6, 6.07) is 122. The highest BCUT2D eigenvalue weighted by molar-refractivity contribution is 7.87. The topological polar surface area (TPSA) is 44.0 Å². The Morgan fingerprint density at radius 2 is 0.596 bits per heavy atom. The van der Waals surface area contributed by atoms with Gasteiger partial charge in [-0.15, -0.1) is 0 Å². The van der Waals surface area contributed by atoms with Gasteiger partial charge in [0.05, 0.1) is 22.1 Å². The molecule has 0 amide bonds. The van der Waals surface area contributed by atoms with Crippen LogP contribution < -0.4 is 31.8 Å². The maximum absolute atomic E-state index is 15.8. The highest BCUT2D eigenvalue weighted by atomic mass is 31.2. The first-order valence-corrected chi connectivity index (χ1v) is 39.5. The zero-order chi connectivity index (χ0) is 69.5. The van der Waals surface area contributed by atoms with Gasteiger partial charge in [0.2, 0.25) is 0 Å². The van der Waals surface area contributed by atoms with E-state index in [9.17, 15) is 0 Å². The molecule has 2 aromatic heterocycles. The van der Waals surface area contributed by atoms with Crippen LogP contribution in [0.4, 0.5) is 0 Å². The molecule has 4 aliphatic rings. The zero-order valence-corrected chi connectivity index (χ0v) is 59.7. The molecule has 0 N–H and O–H groups in total. The van der Waals surface area contributed by atoms with Crippen LogP contribution in [0.5, 0.6) is 0 Å². The van der Waals surface area contributed by atoms with E-state index in [1.807, 2.05) is 72.8 Å². The number of nitrogens with zero attached hydrogens (tertiary/aromatic N) is 2. The number of hydrogen-bond acceptors (Lipinski definition) is 2. The summed E-state index contributed by atoms with van der Waals surface area (Å²) in [6.45, 7) is 9.36. The van der Waals surface area contributed by atoms with Gasteiger partial charge in [0.25, 0.3) is 0 Å². The summed E-state index contributed by atoms with van der Waals surface area (Å²) in [7, 11) is -6.31. The van der Waals surface area contributed by atoms with E-state index in [1.165, 1.54) is 88.3 Å². The maximum atomic E-state index is 15.8. The van der Waals surface area contributed by atoms with Crippen LogP contribution >= 0.6 is 14.3 Å².